The van der Waals surface area contributed by atoms with Crippen LogP contribution in [0.4, 0.5) is 4.79 Å². The molecule has 2 aromatic heterocycles. The van der Waals surface area contributed by atoms with E-state index in [4.69, 9.17) is 19.2 Å². The molecular weight excluding hydrogens is 809 g/mol. The molecule has 4 amide bonds. The second kappa shape index (κ2) is 16.5. The monoisotopic (exact) mass is 860 g/mol. The quantitative estimate of drug-likeness (QED) is 0.145. The number of ether oxygens (including phenoxy) is 3. The maximum Gasteiger partial charge on any atom is 0.408 e. The third-order valence-electron chi connectivity index (χ3n) is 10.3. The molecule has 4 aromatic rings. The largest absolute Gasteiger partial charge is 0.497 e. The van der Waals surface area contributed by atoms with Crippen LogP contribution in [0.3, 0.4) is 0 Å². The number of amides is 4. The summed E-state index contributed by atoms with van der Waals surface area (Å²) < 4.78 is 46.6. The van der Waals surface area contributed by atoms with Crippen LogP contribution >= 0.6 is 11.3 Å². The van der Waals surface area contributed by atoms with Crippen molar-refractivity contribution in [1.29, 1.82) is 0 Å². The topological polar surface area (TPSA) is 195 Å². The van der Waals surface area contributed by atoms with Gasteiger partial charge in [-0.05, 0) is 58.6 Å². The maximum absolute atomic E-state index is 14.8. The number of aryl methyl sites for hydroxylation is 2. The fourth-order valence-corrected chi connectivity index (χ4v) is 9.83. The van der Waals surface area contributed by atoms with Crippen LogP contribution in [0.15, 0.2) is 71.5 Å². The van der Waals surface area contributed by atoms with Crippen molar-refractivity contribution in [2.75, 3.05) is 13.7 Å². The van der Waals surface area contributed by atoms with E-state index in [-0.39, 0.29) is 29.3 Å². The highest BCUT2D eigenvalue weighted by atomic mass is 32.2. The third kappa shape index (κ3) is 9.41. The number of aromatic nitrogens is 2. The number of carbonyl (C=O) groups excluding carboxylic acids is 4. The molecule has 2 aromatic carbocycles. The van der Waals surface area contributed by atoms with Gasteiger partial charge in [-0.15, -0.1) is 17.9 Å². The van der Waals surface area contributed by atoms with E-state index in [1.807, 2.05) is 36.4 Å². The second-order valence-corrected chi connectivity index (χ2v) is 20.3. The zero-order chi connectivity index (χ0) is 43.9. The summed E-state index contributed by atoms with van der Waals surface area (Å²) in [6, 6.07) is 14.4. The molecule has 0 bridgehead atoms. The Labute approximate surface area is 354 Å². The summed E-state index contributed by atoms with van der Waals surface area (Å²) in [6.45, 7) is 17.4. The molecule has 60 heavy (non-hydrogen) atoms. The van der Waals surface area contributed by atoms with Crippen LogP contribution < -0.4 is 24.8 Å². The normalized spacial score (nSPS) is 20.8. The minimum atomic E-state index is -4.34. The Kier molecular flexibility index (Phi) is 12.1. The maximum atomic E-state index is 14.8. The van der Waals surface area contributed by atoms with E-state index < -0.39 is 74.5 Å². The fourth-order valence-electron chi connectivity index (χ4n) is 7.31. The zero-order valence-electron chi connectivity index (χ0n) is 35.2. The van der Waals surface area contributed by atoms with Gasteiger partial charge in [0.05, 0.1) is 35.6 Å². The number of hydrogen-bond acceptors (Lipinski definition) is 12. The molecule has 0 radical (unpaired) electrons. The Bertz CT molecular complexity index is 2440. The van der Waals surface area contributed by atoms with Crippen molar-refractivity contribution >= 4 is 56.1 Å². The molecule has 2 fully saturated rings. The molecule has 0 spiro atoms. The first kappa shape index (κ1) is 44.0. The van der Waals surface area contributed by atoms with E-state index in [1.165, 1.54) is 17.9 Å². The summed E-state index contributed by atoms with van der Waals surface area (Å²) in [4.78, 5) is 66.8. The number of hydrogen-bond donors (Lipinski definition) is 3. The lowest BCUT2D eigenvalue weighted by atomic mass is 9.85. The lowest BCUT2D eigenvalue weighted by molar-refractivity contribution is -0.143. The van der Waals surface area contributed by atoms with Crippen molar-refractivity contribution in [2.24, 2.45) is 11.3 Å². The van der Waals surface area contributed by atoms with Crippen LogP contribution in [-0.2, 0) is 29.1 Å². The van der Waals surface area contributed by atoms with Gasteiger partial charge in [0.25, 0.3) is 15.9 Å². The predicted molar refractivity (Wildman–Crippen MR) is 227 cm³/mol. The number of carbonyl (C=O) groups is 4. The molecule has 6 rings (SSSR count). The molecule has 3 heterocycles. The van der Waals surface area contributed by atoms with Gasteiger partial charge in [0.15, 0.2) is 4.21 Å². The average Bonchev–Trinajstić information content (AvgIpc) is 3.53. The first-order chi connectivity index (χ1) is 28.0. The number of likely N-dealkylation sites (tertiary alicyclic amines) is 1. The Morgan fingerprint density at radius 3 is 2.30 bits per heavy atom. The minimum absolute atomic E-state index is 0.0182. The van der Waals surface area contributed by atoms with Crippen molar-refractivity contribution in [1.82, 2.24) is 30.2 Å². The molecule has 3 N–H and O–H groups in total. The summed E-state index contributed by atoms with van der Waals surface area (Å²) in [5.41, 5.74) is -1.09. The van der Waals surface area contributed by atoms with Gasteiger partial charge in [0.2, 0.25) is 11.8 Å². The number of thiazole rings is 1. The number of rotatable bonds is 12. The molecule has 1 saturated carbocycles. The molecule has 0 unspecified atom stereocenters. The number of fused-ring (bicyclic) bond motifs is 1. The third-order valence-corrected chi connectivity index (χ3v) is 13.4. The molecule has 2 aliphatic rings. The first-order valence-corrected chi connectivity index (χ1v) is 21.8. The summed E-state index contributed by atoms with van der Waals surface area (Å²) >= 11 is 0.924. The summed E-state index contributed by atoms with van der Waals surface area (Å²) in [6.07, 6.45) is -0.0435. The smallest absolute Gasteiger partial charge is 0.408 e. The number of nitrogens with zero attached hydrogens (tertiary/aromatic N) is 3. The van der Waals surface area contributed by atoms with E-state index in [1.54, 1.807) is 73.8 Å². The summed E-state index contributed by atoms with van der Waals surface area (Å²) in [5, 5.41) is 6.70. The van der Waals surface area contributed by atoms with Crippen molar-refractivity contribution < 1.29 is 41.8 Å². The van der Waals surface area contributed by atoms with Gasteiger partial charge in [-0.2, -0.15) is 0 Å². The SMILES string of the molecule is C=C[C@@H]1C[C@]1(NC(=O)[C@@H]1C[C@@H](Oc2cc(-c3ccccc3)nc3cc(OC)ccc23)CN1C(=O)[C@@H](NC(=O)OC(C)(C)C)C(C)(C)C)C(=O)NS(=O)(=O)c1sc(C)nc1C. The average molecular weight is 861 g/mol. The number of nitrogens with one attached hydrogen (secondary N) is 3. The number of sulfonamides is 1. The van der Waals surface area contributed by atoms with Gasteiger partial charge < -0.3 is 29.7 Å². The van der Waals surface area contributed by atoms with Gasteiger partial charge in [-0.3, -0.25) is 14.4 Å². The highest BCUT2D eigenvalue weighted by Gasteiger charge is 2.61. The van der Waals surface area contributed by atoms with Crippen molar-refractivity contribution in [2.45, 2.75) is 102 Å². The fraction of sp³-hybridized carbons (Fsp3) is 0.442. The van der Waals surface area contributed by atoms with E-state index in [9.17, 15) is 27.6 Å². The van der Waals surface area contributed by atoms with Crippen molar-refractivity contribution in [3.05, 3.63) is 78.0 Å². The van der Waals surface area contributed by atoms with Gasteiger partial charge >= 0.3 is 6.09 Å². The zero-order valence-corrected chi connectivity index (χ0v) is 36.9. The van der Waals surface area contributed by atoms with Crippen LogP contribution in [0.1, 0.15) is 65.1 Å². The van der Waals surface area contributed by atoms with Crippen molar-refractivity contribution in [3.8, 4) is 22.8 Å². The Morgan fingerprint density at radius 1 is 1.02 bits per heavy atom. The molecule has 1 aliphatic heterocycles. The van der Waals surface area contributed by atoms with Gasteiger partial charge in [-0.25, -0.2) is 27.9 Å². The van der Waals surface area contributed by atoms with Crippen LogP contribution in [-0.4, -0.2) is 90.1 Å². The van der Waals surface area contributed by atoms with Crippen LogP contribution in [0.2, 0.25) is 0 Å². The highest BCUT2D eigenvalue weighted by molar-refractivity contribution is 7.92. The number of benzene rings is 2. The Balaban J connectivity index is 1.35. The summed E-state index contributed by atoms with van der Waals surface area (Å²) in [5.74, 6) is -1.81. The van der Waals surface area contributed by atoms with E-state index in [2.05, 4.69) is 26.9 Å². The Morgan fingerprint density at radius 2 is 1.72 bits per heavy atom. The standard InChI is InChI=1S/C43H52N6O9S2/c1-11-27-22-43(27,39(52)48-60(54,55)38-24(2)44-25(3)59-38)47-36(50)33-20-29(23-49(33)37(51)35(41(4,5)6)46-40(53)58-42(7,8)9)57-34-21-31(26-15-13-12-14-16-26)45-32-19-28(56-10)17-18-30(32)34/h11-19,21,27,29,33,35H,1,20,22-23H2,2-10H3,(H,46,53)(H,47,50)(H,48,52)/t27-,29-,33+,35-,43-/m1/s1. The molecule has 15 nitrogen and oxygen atoms in total. The van der Waals surface area contributed by atoms with Crippen LogP contribution in [0.5, 0.6) is 11.5 Å². The first-order valence-electron chi connectivity index (χ1n) is 19.5. The van der Waals surface area contributed by atoms with E-state index in [0.29, 0.717) is 33.1 Å². The molecule has 17 heteroatoms. The lowest BCUT2D eigenvalue weighted by Gasteiger charge is -2.36. The second-order valence-electron chi connectivity index (χ2n) is 17.2. The van der Waals surface area contributed by atoms with Gasteiger partial charge in [0.1, 0.15) is 40.8 Å². The van der Waals surface area contributed by atoms with E-state index in [0.717, 1.165) is 16.9 Å². The number of pyridine rings is 1. The molecular formula is C43H52N6O9S2. The van der Waals surface area contributed by atoms with Gasteiger partial charge in [0, 0.05) is 35.4 Å². The molecule has 5 atom stereocenters. The molecule has 1 aliphatic carbocycles. The number of methoxy groups -OCH3 is 1. The Hall–Kier alpha value is -5.55. The van der Waals surface area contributed by atoms with Crippen LogP contribution in [0.25, 0.3) is 22.2 Å². The highest BCUT2D eigenvalue weighted by Crippen LogP contribution is 2.45. The van der Waals surface area contributed by atoms with Gasteiger partial charge in [-0.1, -0.05) is 57.2 Å². The molecule has 320 valence electrons. The van der Waals surface area contributed by atoms with Crippen LogP contribution in [0, 0.1) is 25.2 Å². The minimum Gasteiger partial charge on any atom is -0.497 e. The summed E-state index contributed by atoms with van der Waals surface area (Å²) in [7, 11) is -2.78. The van der Waals surface area contributed by atoms with E-state index >= 15 is 0 Å². The lowest BCUT2D eigenvalue weighted by Crippen LogP contribution is -2.60. The number of alkyl carbamates (subject to hydrolysis) is 1. The molecule has 1 saturated heterocycles. The predicted octanol–water partition coefficient (Wildman–Crippen LogP) is 5.84. The van der Waals surface area contributed by atoms with Crippen molar-refractivity contribution in [3.63, 3.8) is 0 Å².